The number of hydrogen-bond acceptors (Lipinski definition) is 6. The van der Waals surface area contributed by atoms with Gasteiger partial charge in [-0.3, -0.25) is 9.36 Å². The Labute approximate surface area is 259 Å². The van der Waals surface area contributed by atoms with Gasteiger partial charge in [0.15, 0.2) is 5.82 Å². The molecular weight excluding hydrogens is 622 g/mol. The molecule has 0 saturated carbocycles. The molecule has 0 N–H and O–H groups in total. The van der Waals surface area contributed by atoms with Gasteiger partial charge in [0.2, 0.25) is 5.78 Å². The number of nitriles is 1. The summed E-state index contributed by atoms with van der Waals surface area (Å²) < 4.78 is 79.2. The Hall–Kier alpha value is -4.25. The Morgan fingerprint density at radius 1 is 1.04 bits per heavy atom. The molecule has 0 fully saturated rings. The highest BCUT2D eigenvalue weighted by Crippen LogP contribution is 2.40. The van der Waals surface area contributed by atoms with E-state index in [0.717, 1.165) is 27.8 Å². The number of carbonyl (C=O) groups is 1. The molecule has 2 heterocycles. The minimum absolute atomic E-state index is 0.0245. The minimum Gasteiger partial charge on any atom is -0.361 e. The van der Waals surface area contributed by atoms with E-state index in [0.29, 0.717) is 17.6 Å². The number of fused-ring (bicyclic) bond motifs is 2. The molecule has 0 amide bonds. The maximum atomic E-state index is 14.6. The van der Waals surface area contributed by atoms with Crippen LogP contribution in [0.3, 0.4) is 0 Å². The number of carbonyl (C=O) groups excluding carboxylic acids is 1. The molecule has 8 nitrogen and oxygen atoms in total. The predicted octanol–water partition coefficient (Wildman–Crippen LogP) is 7.28. The second kappa shape index (κ2) is 11.6. The molecule has 0 radical (unpaired) electrons. The number of imidazole rings is 1. The van der Waals surface area contributed by atoms with E-state index in [2.05, 4.69) is 24.6 Å². The summed E-state index contributed by atoms with van der Waals surface area (Å²) in [6.07, 6.45) is -3.79. The number of ether oxygens (including phenoxy) is 1. The van der Waals surface area contributed by atoms with Crippen molar-refractivity contribution < 1.29 is 31.1 Å². The number of aromatic nitrogens is 3. The van der Waals surface area contributed by atoms with Crippen LogP contribution in [0, 0.1) is 25.2 Å². The minimum atomic E-state index is -4.94. The van der Waals surface area contributed by atoms with Gasteiger partial charge >= 0.3 is 6.18 Å². The molecule has 13 heteroatoms. The van der Waals surface area contributed by atoms with Crippen molar-refractivity contribution in [2.45, 2.75) is 57.3 Å². The lowest BCUT2D eigenvalue weighted by Crippen LogP contribution is -2.23. The highest BCUT2D eigenvalue weighted by atomic mass is 32.2. The second-order valence-corrected chi connectivity index (χ2v) is 19.6. The maximum Gasteiger partial charge on any atom is 0.417 e. The number of aryl methyl sites for hydroxylation is 2. The van der Waals surface area contributed by atoms with Crippen molar-refractivity contribution in [3.05, 3.63) is 94.4 Å². The molecule has 0 aliphatic carbocycles. The Balaban J connectivity index is 1.72. The monoisotopic (exact) mass is 652 g/mol. The quantitative estimate of drug-likeness (QED) is 0.0941. The van der Waals surface area contributed by atoms with E-state index >= 15 is 0 Å². The fourth-order valence-electron chi connectivity index (χ4n) is 5.14. The van der Waals surface area contributed by atoms with E-state index in [9.17, 15) is 31.6 Å². The third-order valence-electron chi connectivity index (χ3n) is 7.53. The van der Waals surface area contributed by atoms with Crippen molar-refractivity contribution >= 4 is 45.8 Å². The molecule has 0 aliphatic heterocycles. The topological polar surface area (TPSA) is 107 Å². The number of hydrogen-bond donors (Lipinski definition) is 0. The van der Waals surface area contributed by atoms with Gasteiger partial charge in [-0.25, -0.2) is 17.4 Å². The molecule has 5 aromatic rings. The van der Waals surface area contributed by atoms with Gasteiger partial charge in [0.1, 0.15) is 6.73 Å². The van der Waals surface area contributed by atoms with Crippen molar-refractivity contribution in [2.24, 2.45) is 0 Å². The average molecular weight is 653 g/mol. The van der Waals surface area contributed by atoms with Gasteiger partial charge in [-0.15, -0.1) is 0 Å². The molecule has 3 aromatic carbocycles. The van der Waals surface area contributed by atoms with Crippen LogP contribution in [-0.4, -0.2) is 42.4 Å². The summed E-state index contributed by atoms with van der Waals surface area (Å²) in [5.41, 5.74) is -0.205. The second-order valence-electron chi connectivity index (χ2n) is 12.2. The SMILES string of the molecule is Cc1ccc(S(=O)(=O)n2ccc3c(C(=O)c4nc5ccc(C#N)cc5n4COCC[Si](C)(C)C)c(C(F)(F)F)cc(C)c32)cc1. The first-order valence-electron chi connectivity index (χ1n) is 14.1. The van der Waals surface area contributed by atoms with Crippen molar-refractivity contribution in [2.75, 3.05) is 6.61 Å². The van der Waals surface area contributed by atoms with Crippen LogP contribution in [0.25, 0.3) is 21.9 Å². The van der Waals surface area contributed by atoms with Crippen LogP contribution in [0.1, 0.15) is 38.4 Å². The molecule has 0 unspecified atom stereocenters. The van der Waals surface area contributed by atoms with Gasteiger partial charge in [0.25, 0.3) is 10.0 Å². The smallest absolute Gasteiger partial charge is 0.361 e. The van der Waals surface area contributed by atoms with Crippen LogP contribution in [-0.2, 0) is 27.7 Å². The van der Waals surface area contributed by atoms with Crippen LogP contribution in [0.5, 0.6) is 0 Å². The molecule has 0 bridgehead atoms. The molecule has 45 heavy (non-hydrogen) atoms. The maximum absolute atomic E-state index is 14.6. The van der Waals surface area contributed by atoms with Gasteiger partial charge in [0.05, 0.1) is 38.6 Å². The normalized spacial score (nSPS) is 12.6. The molecule has 0 saturated heterocycles. The molecule has 5 rings (SSSR count). The number of rotatable bonds is 9. The van der Waals surface area contributed by atoms with E-state index in [1.165, 1.54) is 47.9 Å². The average Bonchev–Trinajstić information content (AvgIpc) is 3.57. The van der Waals surface area contributed by atoms with Crippen molar-refractivity contribution in [1.29, 1.82) is 5.26 Å². The first-order chi connectivity index (χ1) is 21.0. The molecule has 0 atom stereocenters. The Kier molecular flexibility index (Phi) is 8.28. The third kappa shape index (κ3) is 6.18. The highest BCUT2D eigenvalue weighted by molar-refractivity contribution is 7.90. The summed E-state index contributed by atoms with van der Waals surface area (Å²) in [5, 5.41) is 9.29. The van der Waals surface area contributed by atoms with Crippen LogP contribution in [0.2, 0.25) is 25.7 Å². The zero-order valence-corrected chi connectivity index (χ0v) is 27.2. The summed E-state index contributed by atoms with van der Waals surface area (Å²) >= 11 is 0. The first-order valence-corrected chi connectivity index (χ1v) is 19.2. The standard InChI is InChI=1S/C32H31F3N4O4SSi/c1-20-6-9-23(10-7-20)44(41,42)39-13-12-24-28(25(32(33,34)35)16-21(2)29(24)39)30(40)31-37-26-11-8-22(18-36)17-27(26)38(31)19-43-14-15-45(3,4)5/h6-13,16-17H,14-15,19H2,1-5H3. The van der Waals surface area contributed by atoms with E-state index in [1.54, 1.807) is 19.1 Å². The lowest BCUT2D eigenvalue weighted by Gasteiger charge is -2.18. The van der Waals surface area contributed by atoms with Gasteiger partial charge in [-0.2, -0.15) is 18.4 Å². The lowest BCUT2D eigenvalue weighted by molar-refractivity contribution is -0.137. The fraction of sp³-hybridized carbons (Fsp3) is 0.281. The van der Waals surface area contributed by atoms with Gasteiger partial charge in [-0.1, -0.05) is 37.3 Å². The van der Waals surface area contributed by atoms with Crippen LogP contribution in [0.4, 0.5) is 13.2 Å². The summed E-state index contributed by atoms with van der Waals surface area (Å²) in [6.45, 7) is 9.86. The van der Waals surface area contributed by atoms with Crippen molar-refractivity contribution in [1.82, 2.24) is 13.5 Å². The van der Waals surface area contributed by atoms with Crippen LogP contribution >= 0.6 is 0 Å². The van der Waals surface area contributed by atoms with E-state index < -0.39 is 41.2 Å². The number of ketones is 1. The number of alkyl halides is 3. The largest absolute Gasteiger partial charge is 0.417 e. The van der Waals surface area contributed by atoms with Crippen molar-refractivity contribution in [3.8, 4) is 6.07 Å². The van der Waals surface area contributed by atoms with Crippen LogP contribution < -0.4 is 0 Å². The summed E-state index contributed by atoms with van der Waals surface area (Å²) in [4.78, 5) is 18.6. The number of nitrogens with zero attached hydrogens (tertiary/aromatic N) is 4. The zero-order chi connectivity index (χ0) is 32.9. The Bertz CT molecular complexity index is 2100. The predicted molar refractivity (Wildman–Crippen MR) is 167 cm³/mol. The summed E-state index contributed by atoms with van der Waals surface area (Å²) in [7, 11) is -5.70. The zero-order valence-electron chi connectivity index (χ0n) is 25.4. The molecular formula is C32H31F3N4O4SSi. The van der Waals surface area contributed by atoms with E-state index in [1.807, 2.05) is 6.07 Å². The Morgan fingerprint density at radius 2 is 1.73 bits per heavy atom. The summed E-state index contributed by atoms with van der Waals surface area (Å²) in [6, 6.07) is 15.4. The third-order valence-corrected chi connectivity index (χ3v) is 10.9. The van der Waals surface area contributed by atoms with Crippen molar-refractivity contribution in [3.63, 3.8) is 0 Å². The van der Waals surface area contributed by atoms with E-state index in [4.69, 9.17) is 4.74 Å². The van der Waals surface area contributed by atoms with Crippen LogP contribution in [0.15, 0.2) is 65.7 Å². The fourth-order valence-corrected chi connectivity index (χ4v) is 7.31. The highest BCUT2D eigenvalue weighted by Gasteiger charge is 2.39. The molecule has 0 aliphatic rings. The van der Waals surface area contributed by atoms with E-state index in [-0.39, 0.29) is 39.5 Å². The molecule has 2 aromatic heterocycles. The first kappa shape index (κ1) is 32.1. The summed E-state index contributed by atoms with van der Waals surface area (Å²) in [5.74, 6) is -1.38. The Morgan fingerprint density at radius 3 is 2.36 bits per heavy atom. The lowest BCUT2D eigenvalue weighted by atomic mass is 9.95. The van der Waals surface area contributed by atoms with Gasteiger partial charge in [0, 0.05) is 31.8 Å². The molecule has 234 valence electrons. The van der Waals surface area contributed by atoms with Gasteiger partial charge < -0.3 is 4.74 Å². The number of benzene rings is 3. The van der Waals surface area contributed by atoms with Gasteiger partial charge in [-0.05, 0) is 67.9 Å². The number of halogens is 3. The molecule has 0 spiro atoms.